The van der Waals surface area contributed by atoms with Crippen LogP contribution in [0.3, 0.4) is 0 Å². The monoisotopic (exact) mass is 152 g/mol. The predicted octanol–water partition coefficient (Wildman–Crippen LogP) is -0.00900. The number of H-pyrrole nitrogens is 1. The van der Waals surface area contributed by atoms with Gasteiger partial charge in [0.1, 0.15) is 0 Å². The first-order chi connectivity index (χ1) is 5.25. The molecule has 1 atom stereocenters. The standard InChI is InChI=1S/C7H8N2O2/c1-2-3-6(8)5-4-9-11-7(5)10/h1,4,6,9H,3,8H2/t6-/m0/s1. The Balaban J connectivity index is 2.86. The Kier molecular flexibility index (Phi) is 2.14. The minimum Gasteiger partial charge on any atom is -0.339 e. The molecule has 4 heteroatoms. The summed E-state index contributed by atoms with van der Waals surface area (Å²) < 4.78 is 4.40. The lowest BCUT2D eigenvalue weighted by Gasteiger charge is -1.99. The van der Waals surface area contributed by atoms with Gasteiger partial charge in [-0.15, -0.1) is 12.3 Å². The molecule has 0 fully saturated rings. The van der Waals surface area contributed by atoms with Crippen molar-refractivity contribution in [2.45, 2.75) is 12.5 Å². The summed E-state index contributed by atoms with van der Waals surface area (Å²) >= 11 is 0. The van der Waals surface area contributed by atoms with Crippen LogP contribution < -0.4 is 11.4 Å². The fourth-order valence-electron chi connectivity index (χ4n) is 0.760. The van der Waals surface area contributed by atoms with Crippen LogP contribution in [0.1, 0.15) is 18.0 Å². The van der Waals surface area contributed by atoms with Gasteiger partial charge in [-0.2, -0.15) is 0 Å². The Bertz CT molecular complexity index is 318. The molecule has 0 spiro atoms. The molecule has 0 amide bonds. The average molecular weight is 152 g/mol. The summed E-state index contributed by atoms with van der Waals surface area (Å²) in [4.78, 5) is 10.8. The quantitative estimate of drug-likeness (QED) is 0.585. The Morgan fingerprint density at radius 2 is 2.64 bits per heavy atom. The van der Waals surface area contributed by atoms with E-state index in [4.69, 9.17) is 12.2 Å². The highest BCUT2D eigenvalue weighted by molar-refractivity contribution is 5.10. The van der Waals surface area contributed by atoms with Crippen LogP contribution in [-0.2, 0) is 0 Å². The van der Waals surface area contributed by atoms with Crippen LogP contribution in [-0.4, -0.2) is 5.16 Å². The maximum absolute atomic E-state index is 10.8. The van der Waals surface area contributed by atoms with Gasteiger partial charge in [0, 0.05) is 18.7 Å². The molecule has 0 aliphatic carbocycles. The first-order valence-electron chi connectivity index (χ1n) is 3.11. The predicted molar refractivity (Wildman–Crippen MR) is 39.7 cm³/mol. The minimum atomic E-state index is -0.451. The highest BCUT2D eigenvalue weighted by atomic mass is 16.5. The van der Waals surface area contributed by atoms with Gasteiger partial charge >= 0.3 is 5.63 Å². The number of terminal acetylenes is 1. The van der Waals surface area contributed by atoms with Crippen molar-refractivity contribution in [3.05, 3.63) is 22.2 Å². The zero-order chi connectivity index (χ0) is 8.27. The van der Waals surface area contributed by atoms with Gasteiger partial charge in [0.2, 0.25) is 0 Å². The van der Waals surface area contributed by atoms with Crippen LogP contribution >= 0.6 is 0 Å². The molecule has 0 saturated carbocycles. The van der Waals surface area contributed by atoms with E-state index in [1.54, 1.807) is 0 Å². The van der Waals surface area contributed by atoms with Crippen molar-refractivity contribution in [1.82, 2.24) is 5.16 Å². The van der Waals surface area contributed by atoms with Gasteiger partial charge in [-0.1, -0.05) is 0 Å². The molecule has 0 aliphatic heterocycles. The van der Waals surface area contributed by atoms with Gasteiger partial charge < -0.3 is 10.3 Å². The third kappa shape index (κ3) is 1.51. The molecule has 0 bridgehead atoms. The molecule has 11 heavy (non-hydrogen) atoms. The second-order valence-corrected chi connectivity index (χ2v) is 2.12. The van der Waals surface area contributed by atoms with Gasteiger partial charge in [0.25, 0.3) is 0 Å². The van der Waals surface area contributed by atoms with Crippen molar-refractivity contribution in [2.75, 3.05) is 0 Å². The lowest BCUT2D eigenvalue weighted by molar-refractivity contribution is 0.389. The molecule has 0 saturated heterocycles. The number of hydrogen-bond donors (Lipinski definition) is 2. The first-order valence-corrected chi connectivity index (χ1v) is 3.11. The highest BCUT2D eigenvalue weighted by Crippen LogP contribution is 2.06. The molecular weight excluding hydrogens is 144 g/mol. The number of rotatable bonds is 2. The molecule has 1 heterocycles. The molecule has 0 aromatic carbocycles. The number of nitrogens with one attached hydrogen (secondary N) is 1. The van der Waals surface area contributed by atoms with Crippen molar-refractivity contribution >= 4 is 0 Å². The highest BCUT2D eigenvalue weighted by Gasteiger charge is 2.10. The molecule has 0 unspecified atom stereocenters. The Morgan fingerprint density at radius 1 is 1.91 bits per heavy atom. The molecule has 1 aromatic heterocycles. The Hall–Kier alpha value is -1.47. The van der Waals surface area contributed by atoms with E-state index >= 15 is 0 Å². The van der Waals surface area contributed by atoms with Crippen LogP contribution in [0.15, 0.2) is 15.5 Å². The average Bonchev–Trinajstić information content (AvgIpc) is 2.36. The number of aromatic amines is 1. The largest absolute Gasteiger partial charge is 0.361 e. The lowest BCUT2D eigenvalue weighted by atomic mass is 10.1. The number of nitrogens with two attached hydrogens (primary N) is 1. The van der Waals surface area contributed by atoms with Crippen LogP contribution in [0.5, 0.6) is 0 Å². The summed E-state index contributed by atoms with van der Waals surface area (Å²) in [5.41, 5.74) is 5.47. The van der Waals surface area contributed by atoms with Crippen molar-refractivity contribution in [2.24, 2.45) is 5.73 Å². The van der Waals surface area contributed by atoms with Gasteiger partial charge in [0.15, 0.2) is 0 Å². The van der Waals surface area contributed by atoms with E-state index in [1.165, 1.54) is 6.20 Å². The molecule has 0 radical (unpaired) electrons. The van der Waals surface area contributed by atoms with Crippen molar-refractivity contribution in [1.29, 1.82) is 0 Å². The number of hydrogen-bond acceptors (Lipinski definition) is 3. The molecule has 1 rings (SSSR count). The summed E-state index contributed by atoms with van der Waals surface area (Å²) in [6.07, 6.45) is 6.77. The normalized spacial score (nSPS) is 12.4. The van der Waals surface area contributed by atoms with E-state index < -0.39 is 11.7 Å². The van der Waals surface area contributed by atoms with E-state index in [9.17, 15) is 4.79 Å². The summed E-state index contributed by atoms with van der Waals surface area (Å²) in [5, 5.41) is 2.30. The molecule has 0 aliphatic rings. The smallest absolute Gasteiger partial charge is 0.339 e. The molecule has 3 N–H and O–H groups in total. The molecule has 58 valence electrons. The fraction of sp³-hybridized carbons (Fsp3) is 0.286. The fourth-order valence-corrected chi connectivity index (χ4v) is 0.760. The molecular formula is C7H8N2O2. The van der Waals surface area contributed by atoms with E-state index in [2.05, 4.69) is 15.6 Å². The Labute approximate surface area is 63.4 Å². The van der Waals surface area contributed by atoms with E-state index in [0.29, 0.717) is 12.0 Å². The van der Waals surface area contributed by atoms with Crippen LogP contribution in [0.25, 0.3) is 0 Å². The van der Waals surface area contributed by atoms with Crippen molar-refractivity contribution < 1.29 is 4.52 Å². The maximum Gasteiger partial charge on any atom is 0.361 e. The van der Waals surface area contributed by atoms with Crippen LogP contribution in [0.4, 0.5) is 0 Å². The Morgan fingerprint density at radius 3 is 3.09 bits per heavy atom. The lowest BCUT2D eigenvalue weighted by Crippen LogP contribution is -2.15. The number of aromatic nitrogens is 1. The van der Waals surface area contributed by atoms with Crippen molar-refractivity contribution in [3.63, 3.8) is 0 Å². The maximum atomic E-state index is 10.8. The van der Waals surface area contributed by atoms with Crippen LogP contribution in [0, 0.1) is 12.3 Å². The second-order valence-electron chi connectivity index (χ2n) is 2.12. The topological polar surface area (TPSA) is 72.0 Å². The van der Waals surface area contributed by atoms with E-state index in [0.717, 1.165) is 0 Å². The second kappa shape index (κ2) is 3.08. The van der Waals surface area contributed by atoms with Gasteiger partial charge in [-0.25, -0.2) is 9.95 Å². The zero-order valence-corrected chi connectivity index (χ0v) is 5.83. The van der Waals surface area contributed by atoms with Gasteiger partial charge in [-0.05, 0) is 0 Å². The van der Waals surface area contributed by atoms with E-state index in [-0.39, 0.29) is 0 Å². The molecule has 4 nitrogen and oxygen atoms in total. The zero-order valence-electron chi connectivity index (χ0n) is 5.83. The van der Waals surface area contributed by atoms with E-state index in [1.807, 2.05) is 0 Å². The van der Waals surface area contributed by atoms with Gasteiger partial charge in [0.05, 0.1) is 5.56 Å². The van der Waals surface area contributed by atoms with Gasteiger partial charge in [-0.3, -0.25) is 0 Å². The summed E-state index contributed by atoms with van der Waals surface area (Å²) in [5.74, 6) is 2.36. The SMILES string of the molecule is C#CC[C@H](N)c1c[nH]oc1=O. The first kappa shape index (κ1) is 7.63. The van der Waals surface area contributed by atoms with Crippen LogP contribution in [0.2, 0.25) is 0 Å². The third-order valence-corrected chi connectivity index (χ3v) is 1.34. The minimum absolute atomic E-state index is 0.336. The summed E-state index contributed by atoms with van der Waals surface area (Å²) in [6, 6.07) is -0.428. The summed E-state index contributed by atoms with van der Waals surface area (Å²) in [7, 11) is 0. The molecule has 1 aromatic rings. The third-order valence-electron chi connectivity index (χ3n) is 1.34. The summed E-state index contributed by atoms with van der Waals surface area (Å²) in [6.45, 7) is 0. The van der Waals surface area contributed by atoms with Crippen molar-refractivity contribution in [3.8, 4) is 12.3 Å².